The normalized spacial score (nSPS) is 11.4. The van der Waals surface area contributed by atoms with Crippen molar-refractivity contribution in [3.8, 4) is 0 Å². The van der Waals surface area contributed by atoms with Gasteiger partial charge in [0, 0.05) is 6.42 Å². The lowest BCUT2D eigenvalue weighted by atomic mass is 10.1. The molecule has 7 heteroatoms. The van der Waals surface area contributed by atoms with Crippen LogP contribution in [0, 0.1) is 0 Å². The van der Waals surface area contributed by atoms with Gasteiger partial charge >= 0.3 is 13.8 Å². The number of carbonyl (C=O) groups is 1. The Labute approximate surface area is 95.2 Å². The van der Waals surface area contributed by atoms with E-state index in [1.807, 2.05) is 0 Å². The highest BCUT2D eigenvalue weighted by Crippen LogP contribution is 2.35. The van der Waals surface area contributed by atoms with Crippen LogP contribution in [0.3, 0.4) is 0 Å². The summed E-state index contributed by atoms with van der Waals surface area (Å²) in [5.74, 6) is -0.495. The van der Waals surface area contributed by atoms with E-state index in [1.54, 1.807) is 0 Å². The summed E-state index contributed by atoms with van der Waals surface area (Å²) in [5.41, 5.74) is 0. The number of ether oxygens (including phenoxy) is 1. The first kappa shape index (κ1) is 15.6. The van der Waals surface area contributed by atoms with Gasteiger partial charge in [-0.3, -0.25) is 4.79 Å². The SMILES string of the molecule is CCCCCCCC(=O)OCOP(=O)(O)O. The average Bonchev–Trinajstić information content (AvgIpc) is 2.15. The van der Waals surface area contributed by atoms with Crippen molar-refractivity contribution in [2.75, 3.05) is 6.79 Å². The molecule has 0 heterocycles. The lowest BCUT2D eigenvalue weighted by molar-refractivity contribution is -0.151. The van der Waals surface area contributed by atoms with E-state index in [1.165, 1.54) is 0 Å². The lowest BCUT2D eigenvalue weighted by Gasteiger charge is -2.06. The molecule has 0 amide bonds. The van der Waals surface area contributed by atoms with Crippen LogP contribution in [0.4, 0.5) is 0 Å². The Bertz CT molecular complexity index is 236. The van der Waals surface area contributed by atoms with E-state index in [4.69, 9.17) is 9.79 Å². The molecular weight excluding hydrogens is 235 g/mol. The number of esters is 1. The number of carbonyl (C=O) groups excluding carboxylic acids is 1. The molecule has 0 atom stereocenters. The Morgan fingerprint density at radius 1 is 1.19 bits per heavy atom. The maximum atomic E-state index is 11.0. The van der Waals surface area contributed by atoms with Crippen molar-refractivity contribution in [3.05, 3.63) is 0 Å². The first-order valence-electron chi connectivity index (χ1n) is 5.31. The van der Waals surface area contributed by atoms with Crippen molar-refractivity contribution in [1.29, 1.82) is 0 Å². The number of unbranched alkanes of at least 4 members (excludes halogenated alkanes) is 4. The first-order valence-corrected chi connectivity index (χ1v) is 6.84. The van der Waals surface area contributed by atoms with Crippen LogP contribution in [-0.4, -0.2) is 22.5 Å². The fraction of sp³-hybridized carbons (Fsp3) is 0.889. The van der Waals surface area contributed by atoms with Gasteiger partial charge in [0.05, 0.1) is 0 Å². The Kier molecular flexibility index (Phi) is 8.47. The second kappa shape index (κ2) is 8.70. The van der Waals surface area contributed by atoms with E-state index in [9.17, 15) is 9.36 Å². The van der Waals surface area contributed by atoms with Gasteiger partial charge < -0.3 is 14.5 Å². The number of phosphoric acid groups is 1. The molecule has 2 N–H and O–H groups in total. The molecule has 0 aromatic rings. The van der Waals surface area contributed by atoms with Crippen molar-refractivity contribution < 1.29 is 28.4 Å². The smallest absolute Gasteiger partial charge is 0.438 e. The molecular formula is C9H19O6P. The molecule has 0 aromatic heterocycles. The van der Waals surface area contributed by atoms with E-state index in [2.05, 4.69) is 16.2 Å². The monoisotopic (exact) mass is 254 g/mol. The summed E-state index contributed by atoms with van der Waals surface area (Å²) < 4.78 is 18.7. The van der Waals surface area contributed by atoms with Crippen LogP contribution in [0.2, 0.25) is 0 Å². The summed E-state index contributed by atoms with van der Waals surface area (Å²) in [6, 6.07) is 0. The molecule has 0 unspecified atom stereocenters. The van der Waals surface area contributed by atoms with Crippen LogP contribution in [0.1, 0.15) is 45.4 Å². The van der Waals surface area contributed by atoms with E-state index in [-0.39, 0.29) is 6.42 Å². The molecule has 0 saturated heterocycles. The Hall–Kier alpha value is -0.420. The highest BCUT2D eigenvalue weighted by molar-refractivity contribution is 7.46. The minimum Gasteiger partial charge on any atom is -0.438 e. The molecule has 0 radical (unpaired) electrons. The Balaban J connectivity index is 3.35. The average molecular weight is 254 g/mol. The third-order valence-corrected chi connectivity index (χ3v) is 2.37. The summed E-state index contributed by atoms with van der Waals surface area (Å²) >= 11 is 0. The third kappa shape index (κ3) is 11.7. The van der Waals surface area contributed by atoms with Gasteiger partial charge in [0.1, 0.15) is 0 Å². The Morgan fingerprint density at radius 3 is 2.38 bits per heavy atom. The zero-order valence-corrected chi connectivity index (χ0v) is 10.3. The van der Waals surface area contributed by atoms with Crippen LogP contribution < -0.4 is 0 Å². The standard InChI is InChI=1S/C9H19O6P/c1-2-3-4-5-6-7-9(10)14-8-15-16(11,12)13/h2-8H2,1H3,(H2,11,12,13). The van der Waals surface area contributed by atoms with Crippen molar-refractivity contribution in [1.82, 2.24) is 0 Å². The molecule has 96 valence electrons. The first-order chi connectivity index (χ1) is 7.45. The van der Waals surface area contributed by atoms with Crippen molar-refractivity contribution >= 4 is 13.8 Å². The topological polar surface area (TPSA) is 93.1 Å². The van der Waals surface area contributed by atoms with Gasteiger partial charge in [0.2, 0.25) is 6.79 Å². The van der Waals surface area contributed by atoms with Gasteiger partial charge in [-0.05, 0) is 6.42 Å². The molecule has 0 aromatic carbocycles. The number of phosphoric ester groups is 1. The van der Waals surface area contributed by atoms with Gasteiger partial charge in [-0.15, -0.1) is 0 Å². The highest BCUT2D eigenvalue weighted by Gasteiger charge is 2.14. The predicted molar refractivity (Wildman–Crippen MR) is 57.5 cm³/mol. The largest absolute Gasteiger partial charge is 0.472 e. The van der Waals surface area contributed by atoms with Gasteiger partial charge in [-0.2, -0.15) is 0 Å². The van der Waals surface area contributed by atoms with Gasteiger partial charge in [0.15, 0.2) is 0 Å². The maximum absolute atomic E-state index is 11.0. The molecule has 0 fully saturated rings. The summed E-state index contributed by atoms with van der Waals surface area (Å²) in [6.07, 6.45) is 5.32. The summed E-state index contributed by atoms with van der Waals surface area (Å²) in [7, 11) is -4.54. The second-order valence-corrected chi connectivity index (χ2v) is 4.66. The van der Waals surface area contributed by atoms with Gasteiger partial charge in [-0.1, -0.05) is 32.6 Å². The fourth-order valence-corrected chi connectivity index (χ4v) is 1.30. The van der Waals surface area contributed by atoms with Crippen LogP contribution in [-0.2, 0) is 18.6 Å². The van der Waals surface area contributed by atoms with Crippen LogP contribution in [0.15, 0.2) is 0 Å². The van der Waals surface area contributed by atoms with Crippen LogP contribution in [0.25, 0.3) is 0 Å². The van der Waals surface area contributed by atoms with Crippen molar-refractivity contribution in [2.45, 2.75) is 45.4 Å². The van der Waals surface area contributed by atoms with Crippen molar-refractivity contribution in [3.63, 3.8) is 0 Å². The van der Waals surface area contributed by atoms with Gasteiger partial charge in [-0.25, -0.2) is 9.09 Å². The molecule has 0 bridgehead atoms. The third-order valence-electron chi connectivity index (χ3n) is 1.93. The highest BCUT2D eigenvalue weighted by atomic mass is 31.2. The van der Waals surface area contributed by atoms with Crippen molar-refractivity contribution in [2.24, 2.45) is 0 Å². The molecule has 16 heavy (non-hydrogen) atoms. The zero-order valence-electron chi connectivity index (χ0n) is 9.42. The van der Waals surface area contributed by atoms with E-state index in [0.29, 0.717) is 0 Å². The van der Waals surface area contributed by atoms with E-state index >= 15 is 0 Å². The summed E-state index contributed by atoms with van der Waals surface area (Å²) in [5, 5.41) is 0. The minimum atomic E-state index is -4.54. The zero-order chi connectivity index (χ0) is 12.4. The molecule has 0 saturated carbocycles. The molecule has 6 nitrogen and oxygen atoms in total. The molecule has 0 aliphatic carbocycles. The second-order valence-electron chi connectivity index (χ2n) is 3.42. The lowest BCUT2D eigenvalue weighted by Crippen LogP contribution is -2.07. The number of hydrogen-bond acceptors (Lipinski definition) is 4. The Morgan fingerprint density at radius 2 is 1.81 bits per heavy atom. The minimum absolute atomic E-state index is 0.258. The van der Waals surface area contributed by atoms with Crippen LogP contribution in [0.5, 0.6) is 0 Å². The molecule has 0 rings (SSSR count). The van der Waals surface area contributed by atoms with Gasteiger partial charge in [0.25, 0.3) is 0 Å². The van der Waals surface area contributed by atoms with Crippen LogP contribution >= 0.6 is 7.82 Å². The molecule has 0 aliphatic rings. The number of hydrogen-bond donors (Lipinski definition) is 2. The quantitative estimate of drug-likeness (QED) is 0.283. The van der Waals surface area contributed by atoms with E-state index < -0.39 is 20.6 Å². The molecule has 0 aliphatic heterocycles. The maximum Gasteiger partial charge on any atom is 0.472 e. The number of rotatable bonds is 9. The molecule has 0 spiro atoms. The van der Waals surface area contributed by atoms with E-state index in [0.717, 1.165) is 32.1 Å². The summed E-state index contributed by atoms with van der Waals surface area (Å²) in [4.78, 5) is 27.6. The fourth-order valence-electron chi connectivity index (χ4n) is 1.11. The predicted octanol–water partition coefficient (Wildman–Crippen LogP) is 1.96. The summed E-state index contributed by atoms with van der Waals surface area (Å²) in [6.45, 7) is 1.41.